The van der Waals surface area contributed by atoms with Gasteiger partial charge in [-0.1, -0.05) is 13.3 Å². The number of hydrogen-bond acceptors (Lipinski definition) is 4. The number of nitrogens with zero attached hydrogens (tertiary/aromatic N) is 1. The molecule has 2 saturated heterocycles. The summed E-state index contributed by atoms with van der Waals surface area (Å²) in [4.78, 5) is 14.4. The third kappa shape index (κ3) is 3.89. The van der Waals surface area contributed by atoms with Crippen LogP contribution in [0.2, 0.25) is 0 Å². The normalized spacial score (nSPS) is 31.4. The fourth-order valence-corrected chi connectivity index (χ4v) is 4.94. The number of rotatable bonds is 3. The van der Waals surface area contributed by atoms with Gasteiger partial charge in [0.1, 0.15) is 0 Å². The van der Waals surface area contributed by atoms with Gasteiger partial charge in [0.05, 0.1) is 13.2 Å². The zero-order chi connectivity index (χ0) is 15.4. The van der Waals surface area contributed by atoms with Gasteiger partial charge in [-0.25, -0.2) is 4.79 Å². The second-order valence-electron chi connectivity index (χ2n) is 6.49. The molecule has 0 aromatic rings. The van der Waals surface area contributed by atoms with Crippen molar-refractivity contribution in [3.8, 4) is 0 Å². The van der Waals surface area contributed by atoms with Crippen LogP contribution < -0.4 is 5.32 Å². The van der Waals surface area contributed by atoms with E-state index in [2.05, 4.69) is 12.2 Å². The lowest BCUT2D eigenvalue weighted by Crippen LogP contribution is -2.52. The minimum atomic E-state index is -0.398. The van der Waals surface area contributed by atoms with Crippen molar-refractivity contribution in [2.24, 2.45) is 0 Å². The molecule has 5 nitrogen and oxygen atoms in total. The second kappa shape index (κ2) is 7.41. The van der Waals surface area contributed by atoms with Crippen molar-refractivity contribution in [1.82, 2.24) is 10.2 Å². The van der Waals surface area contributed by atoms with Crippen LogP contribution in [0.1, 0.15) is 45.4 Å². The molecular formula is C16H28N2O3S. The number of thioether (sulfide) groups is 1. The molecule has 6 heteroatoms. The summed E-state index contributed by atoms with van der Waals surface area (Å²) < 4.78 is 11.4. The molecule has 1 spiro atoms. The van der Waals surface area contributed by atoms with Crippen molar-refractivity contribution in [3.63, 3.8) is 0 Å². The quantitative estimate of drug-likeness (QED) is 0.865. The maximum absolute atomic E-state index is 12.5. The number of urea groups is 1. The first kappa shape index (κ1) is 16.4. The van der Waals surface area contributed by atoms with E-state index in [1.165, 1.54) is 18.6 Å². The molecule has 1 aliphatic carbocycles. The van der Waals surface area contributed by atoms with Crippen LogP contribution in [0, 0.1) is 0 Å². The highest BCUT2D eigenvalue weighted by Crippen LogP contribution is 2.32. The fraction of sp³-hybridized carbons (Fsp3) is 0.938. The van der Waals surface area contributed by atoms with Gasteiger partial charge in [0.2, 0.25) is 0 Å². The molecule has 2 atom stereocenters. The molecule has 22 heavy (non-hydrogen) atoms. The van der Waals surface area contributed by atoms with E-state index in [0.29, 0.717) is 24.5 Å². The van der Waals surface area contributed by atoms with Gasteiger partial charge in [0.15, 0.2) is 5.79 Å². The van der Waals surface area contributed by atoms with Crippen molar-refractivity contribution in [2.45, 2.75) is 62.5 Å². The van der Waals surface area contributed by atoms with Crippen LogP contribution >= 0.6 is 11.8 Å². The van der Waals surface area contributed by atoms with E-state index in [1.54, 1.807) is 0 Å². The zero-order valence-electron chi connectivity index (χ0n) is 13.5. The monoisotopic (exact) mass is 328 g/mol. The first-order chi connectivity index (χ1) is 10.7. The molecule has 0 aromatic carbocycles. The molecule has 2 heterocycles. The van der Waals surface area contributed by atoms with Crippen LogP contribution in [0.5, 0.6) is 0 Å². The Hall–Kier alpha value is -0.460. The highest BCUT2D eigenvalue weighted by molar-refractivity contribution is 7.99. The van der Waals surface area contributed by atoms with Crippen molar-refractivity contribution >= 4 is 17.8 Å². The van der Waals surface area contributed by atoms with Crippen LogP contribution in [0.25, 0.3) is 0 Å². The van der Waals surface area contributed by atoms with E-state index in [4.69, 9.17) is 9.47 Å². The molecule has 1 saturated carbocycles. The highest BCUT2D eigenvalue weighted by Gasteiger charge is 2.41. The smallest absolute Gasteiger partial charge is 0.317 e. The predicted octanol–water partition coefficient (Wildman–Crippen LogP) is 2.60. The lowest BCUT2D eigenvalue weighted by molar-refractivity contribution is -0.181. The molecule has 3 rings (SSSR count). The van der Waals surface area contributed by atoms with Crippen molar-refractivity contribution in [3.05, 3.63) is 0 Å². The van der Waals surface area contributed by atoms with Gasteiger partial charge in [0, 0.05) is 37.2 Å². The molecule has 2 aliphatic heterocycles. The van der Waals surface area contributed by atoms with E-state index < -0.39 is 5.79 Å². The van der Waals surface area contributed by atoms with E-state index in [1.807, 2.05) is 16.7 Å². The summed E-state index contributed by atoms with van der Waals surface area (Å²) in [6.45, 7) is 5.04. The molecule has 0 aromatic heterocycles. The van der Waals surface area contributed by atoms with Crippen LogP contribution in [0.15, 0.2) is 0 Å². The minimum Gasteiger partial charge on any atom is -0.347 e. The van der Waals surface area contributed by atoms with Crippen molar-refractivity contribution in [1.29, 1.82) is 0 Å². The van der Waals surface area contributed by atoms with Gasteiger partial charge >= 0.3 is 6.03 Å². The number of likely N-dealkylation sites (tertiary alicyclic amines) is 1. The van der Waals surface area contributed by atoms with Crippen LogP contribution in [-0.4, -0.2) is 60.1 Å². The standard InChI is InChI=1S/C16H28N2O3S/c1-2-22-14-5-3-4-13(12-14)17-15(19)18-8-6-16(7-9-18)20-10-11-21-16/h13-14H,2-12H2,1H3,(H,17,19)/t13-,14-/m1/s1. The third-order valence-corrected chi connectivity index (χ3v) is 6.21. The Labute approximate surface area is 137 Å². The van der Waals surface area contributed by atoms with Gasteiger partial charge in [0.25, 0.3) is 0 Å². The lowest BCUT2D eigenvalue weighted by Gasteiger charge is -2.38. The van der Waals surface area contributed by atoms with Gasteiger partial charge in [-0.2, -0.15) is 11.8 Å². The highest BCUT2D eigenvalue weighted by atomic mass is 32.2. The Morgan fingerprint density at radius 2 is 2.00 bits per heavy atom. The summed E-state index contributed by atoms with van der Waals surface area (Å²) in [6.07, 6.45) is 6.35. The largest absolute Gasteiger partial charge is 0.347 e. The van der Waals surface area contributed by atoms with Crippen LogP contribution in [0.4, 0.5) is 4.79 Å². The van der Waals surface area contributed by atoms with E-state index >= 15 is 0 Å². The molecule has 0 radical (unpaired) electrons. The fourth-order valence-electron chi connectivity index (χ4n) is 3.77. The Kier molecular flexibility index (Phi) is 5.52. The number of carbonyl (C=O) groups excluding carboxylic acids is 1. The summed E-state index contributed by atoms with van der Waals surface area (Å²) in [5.74, 6) is 0.768. The Bertz CT molecular complexity index is 376. The minimum absolute atomic E-state index is 0.0972. The molecular weight excluding hydrogens is 300 g/mol. The van der Waals surface area contributed by atoms with Crippen LogP contribution in [0.3, 0.4) is 0 Å². The van der Waals surface area contributed by atoms with Crippen molar-refractivity contribution in [2.75, 3.05) is 32.1 Å². The zero-order valence-corrected chi connectivity index (χ0v) is 14.3. The molecule has 1 N–H and O–H groups in total. The summed E-state index contributed by atoms with van der Waals surface area (Å²) >= 11 is 2.03. The maximum Gasteiger partial charge on any atom is 0.317 e. The summed E-state index contributed by atoms with van der Waals surface area (Å²) in [5, 5.41) is 3.96. The lowest BCUT2D eigenvalue weighted by atomic mass is 9.95. The average Bonchev–Trinajstić information content (AvgIpc) is 2.97. The van der Waals surface area contributed by atoms with E-state index in [0.717, 1.165) is 38.8 Å². The van der Waals surface area contributed by atoms with E-state index in [-0.39, 0.29) is 6.03 Å². The number of hydrogen-bond donors (Lipinski definition) is 1. The molecule has 0 unspecified atom stereocenters. The SMILES string of the molecule is CCS[C@@H]1CCC[C@@H](NC(=O)N2CCC3(CC2)OCCO3)C1. The van der Waals surface area contributed by atoms with Gasteiger partial charge in [-0.3, -0.25) is 0 Å². The third-order valence-electron chi connectivity index (χ3n) is 4.98. The van der Waals surface area contributed by atoms with Crippen LogP contribution in [-0.2, 0) is 9.47 Å². The Balaban J connectivity index is 1.44. The molecule has 3 fully saturated rings. The van der Waals surface area contributed by atoms with Gasteiger partial charge < -0.3 is 19.7 Å². The summed E-state index contributed by atoms with van der Waals surface area (Å²) in [5.41, 5.74) is 0. The van der Waals surface area contributed by atoms with Gasteiger partial charge in [-0.05, 0) is 25.0 Å². The Morgan fingerprint density at radius 1 is 1.27 bits per heavy atom. The number of nitrogens with one attached hydrogen (secondary N) is 1. The molecule has 126 valence electrons. The van der Waals surface area contributed by atoms with Crippen molar-refractivity contribution < 1.29 is 14.3 Å². The summed E-state index contributed by atoms with van der Waals surface area (Å²) in [7, 11) is 0. The van der Waals surface area contributed by atoms with Gasteiger partial charge in [-0.15, -0.1) is 0 Å². The number of amides is 2. The molecule has 0 bridgehead atoms. The number of carbonyl (C=O) groups is 1. The summed E-state index contributed by atoms with van der Waals surface area (Å²) in [6, 6.07) is 0.445. The maximum atomic E-state index is 12.5. The average molecular weight is 328 g/mol. The first-order valence-corrected chi connectivity index (χ1v) is 9.70. The number of ether oxygens (including phenoxy) is 2. The Morgan fingerprint density at radius 3 is 2.68 bits per heavy atom. The molecule has 3 aliphatic rings. The molecule has 2 amide bonds. The number of piperidine rings is 1. The van der Waals surface area contributed by atoms with E-state index in [9.17, 15) is 4.79 Å². The topological polar surface area (TPSA) is 50.8 Å². The first-order valence-electron chi connectivity index (χ1n) is 8.66. The predicted molar refractivity (Wildman–Crippen MR) is 88.1 cm³/mol. The second-order valence-corrected chi connectivity index (χ2v) is 8.06.